The second-order valence-corrected chi connectivity index (χ2v) is 7.20. The molecule has 8 nitrogen and oxygen atoms in total. The van der Waals surface area contributed by atoms with E-state index in [0.717, 1.165) is 65.0 Å². The molecular weight excluding hydrogens is 360 g/mol. The predicted molar refractivity (Wildman–Crippen MR) is 110 cm³/mol. The molecule has 1 aliphatic heterocycles. The molecule has 1 saturated heterocycles. The Morgan fingerprint density at radius 2 is 1.14 bits per heavy atom. The van der Waals surface area contributed by atoms with Gasteiger partial charge in [0.15, 0.2) is 0 Å². The molecule has 0 aromatic carbocycles. The highest BCUT2D eigenvalue weighted by atomic mass is 16.5. The van der Waals surface area contributed by atoms with Gasteiger partial charge in [0.2, 0.25) is 0 Å². The minimum Gasteiger partial charge on any atom is -0.465 e. The Morgan fingerprint density at radius 1 is 0.714 bits per heavy atom. The van der Waals surface area contributed by atoms with E-state index in [0.29, 0.717) is 39.4 Å². The summed E-state index contributed by atoms with van der Waals surface area (Å²) in [6, 6.07) is 0. The number of carbonyl (C=O) groups excluding carboxylic acids is 2. The summed E-state index contributed by atoms with van der Waals surface area (Å²) in [5.41, 5.74) is 0. The van der Waals surface area contributed by atoms with Crippen LogP contribution < -0.4 is 10.6 Å². The fourth-order valence-electron chi connectivity index (χ4n) is 2.84. The zero-order valence-electron chi connectivity index (χ0n) is 17.8. The first-order valence-corrected chi connectivity index (χ1v) is 10.8. The van der Waals surface area contributed by atoms with Crippen LogP contribution in [0.5, 0.6) is 0 Å². The maximum atomic E-state index is 12.1. The third-order valence-corrected chi connectivity index (χ3v) is 4.65. The summed E-state index contributed by atoms with van der Waals surface area (Å²) >= 11 is 0. The van der Waals surface area contributed by atoms with Gasteiger partial charge in [-0.3, -0.25) is 19.4 Å². The molecule has 1 fully saturated rings. The van der Waals surface area contributed by atoms with Gasteiger partial charge in [-0.25, -0.2) is 0 Å². The first-order chi connectivity index (χ1) is 13.7. The number of rotatable bonds is 10. The van der Waals surface area contributed by atoms with E-state index in [4.69, 9.17) is 9.47 Å². The summed E-state index contributed by atoms with van der Waals surface area (Å²) in [6.45, 7) is 12.1. The smallest absolute Gasteiger partial charge is 0.320 e. The van der Waals surface area contributed by atoms with E-state index in [9.17, 15) is 9.59 Å². The van der Waals surface area contributed by atoms with Gasteiger partial charge in [0.25, 0.3) is 0 Å². The third-order valence-electron chi connectivity index (χ3n) is 4.65. The number of esters is 2. The molecular formula is C20H40N4O4. The van der Waals surface area contributed by atoms with Crippen LogP contribution in [0.1, 0.15) is 39.5 Å². The first kappa shape index (κ1) is 24.8. The number of hydrogen-bond donors (Lipinski definition) is 2. The van der Waals surface area contributed by atoms with Crippen LogP contribution in [0.3, 0.4) is 0 Å². The van der Waals surface area contributed by atoms with Crippen LogP contribution in [0.4, 0.5) is 0 Å². The number of unbranched alkanes of at least 4 members (excludes halogenated alkanes) is 2. The van der Waals surface area contributed by atoms with Crippen LogP contribution in [0, 0.1) is 0 Å². The highest BCUT2D eigenvalue weighted by molar-refractivity contribution is 5.72. The molecule has 0 saturated carbocycles. The van der Waals surface area contributed by atoms with E-state index in [1.54, 1.807) is 0 Å². The molecule has 8 heteroatoms. The normalized spacial score (nSPS) is 18.1. The number of hydrogen-bond acceptors (Lipinski definition) is 8. The van der Waals surface area contributed by atoms with Gasteiger partial charge in [0, 0.05) is 52.4 Å². The van der Waals surface area contributed by atoms with Crippen molar-refractivity contribution in [3.63, 3.8) is 0 Å². The van der Waals surface area contributed by atoms with Gasteiger partial charge in [-0.1, -0.05) is 26.7 Å². The summed E-state index contributed by atoms with van der Waals surface area (Å²) in [6.07, 6.45) is 3.82. The van der Waals surface area contributed by atoms with Gasteiger partial charge in [-0.15, -0.1) is 0 Å². The average molecular weight is 401 g/mol. The Kier molecular flexibility index (Phi) is 14.8. The molecule has 164 valence electrons. The highest BCUT2D eigenvalue weighted by Crippen LogP contribution is 1.98. The van der Waals surface area contributed by atoms with Crippen LogP contribution in [-0.4, -0.2) is 100 Å². The Bertz CT molecular complexity index is 385. The zero-order valence-corrected chi connectivity index (χ0v) is 17.8. The summed E-state index contributed by atoms with van der Waals surface area (Å²) in [5.74, 6) is -0.347. The van der Waals surface area contributed by atoms with Crippen molar-refractivity contribution < 1.29 is 19.1 Å². The van der Waals surface area contributed by atoms with E-state index in [2.05, 4.69) is 34.3 Å². The zero-order chi connectivity index (χ0) is 20.5. The molecule has 0 aliphatic carbocycles. The molecule has 0 radical (unpaired) electrons. The van der Waals surface area contributed by atoms with Gasteiger partial charge in [-0.2, -0.15) is 0 Å². The quantitative estimate of drug-likeness (QED) is 0.405. The fourth-order valence-corrected chi connectivity index (χ4v) is 2.84. The van der Waals surface area contributed by atoms with Crippen molar-refractivity contribution in [1.29, 1.82) is 0 Å². The Balaban J connectivity index is 2.51. The molecule has 0 atom stereocenters. The van der Waals surface area contributed by atoms with Crippen LogP contribution in [0.2, 0.25) is 0 Å². The predicted octanol–water partition coefficient (Wildman–Crippen LogP) is 0.470. The second-order valence-electron chi connectivity index (χ2n) is 7.20. The van der Waals surface area contributed by atoms with Gasteiger partial charge in [0.1, 0.15) is 0 Å². The van der Waals surface area contributed by atoms with Crippen molar-refractivity contribution in [3.8, 4) is 0 Å². The second kappa shape index (κ2) is 16.7. The monoisotopic (exact) mass is 400 g/mol. The summed E-state index contributed by atoms with van der Waals surface area (Å²) in [4.78, 5) is 28.4. The van der Waals surface area contributed by atoms with Gasteiger partial charge < -0.3 is 20.1 Å². The van der Waals surface area contributed by atoms with Crippen LogP contribution in [0.15, 0.2) is 0 Å². The largest absolute Gasteiger partial charge is 0.465 e. The van der Waals surface area contributed by atoms with Crippen molar-refractivity contribution in [2.24, 2.45) is 0 Å². The van der Waals surface area contributed by atoms with Gasteiger partial charge in [-0.05, 0) is 12.8 Å². The molecule has 0 amide bonds. The lowest BCUT2D eigenvalue weighted by atomic mass is 10.3. The van der Waals surface area contributed by atoms with E-state index in [-0.39, 0.29) is 11.9 Å². The molecule has 0 aromatic heterocycles. The maximum Gasteiger partial charge on any atom is 0.320 e. The number of nitrogens with one attached hydrogen (secondary N) is 2. The highest BCUT2D eigenvalue weighted by Gasteiger charge is 2.16. The molecule has 0 unspecified atom stereocenters. The van der Waals surface area contributed by atoms with Crippen molar-refractivity contribution in [3.05, 3.63) is 0 Å². The Labute approximate surface area is 170 Å². The summed E-state index contributed by atoms with van der Waals surface area (Å²) in [7, 11) is 0. The van der Waals surface area contributed by atoms with E-state index in [1.165, 1.54) is 0 Å². The number of ether oxygens (including phenoxy) is 2. The minimum absolute atomic E-state index is 0.173. The SMILES string of the molecule is CCCCOC(=O)CN1CCNCCNCCN(CC(=O)OCCCC)CC1. The summed E-state index contributed by atoms with van der Waals surface area (Å²) < 4.78 is 10.6. The molecule has 0 aromatic rings. The fraction of sp³-hybridized carbons (Fsp3) is 0.900. The van der Waals surface area contributed by atoms with Crippen LogP contribution >= 0.6 is 0 Å². The topological polar surface area (TPSA) is 83.1 Å². The van der Waals surface area contributed by atoms with Crippen molar-refractivity contribution >= 4 is 11.9 Å². The average Bonchev–Trinajstić information content (AvgIpc) is 2.66. The molecule has 1 aliphatic rings. The van der Waals surface area contributed by atoms with Crippen molar-refractivity contribution in [2.75, 3.05) is 78.7 Å². The molecule has 2 N–H and O–H groups in total. The molecule has 0 spiro atoms. The molecule has 1 heterocycles. The standard InChI is InChI=1S/C20H40N4O4/c1-3-5-15-27-19(25)17-23-11-9-21-7-8-22-10-12-24(14-13-23)18-20(26)28-16-6-4-2/h21-22H,3-18H2,1-2H3. The first-order valence-electron chi connectivity index (χ1n) is 10.8. The van der Waals surface area contributed by atoms with Crippen molar-refractivity contribution in [2.45, 2.75) is 39.5 Å². The van der Waals surface area contributed by atoms with Crippen LogP contribution in [0.25, 0.3) is 0 Å². The number of nitrogens with zero attached hydrogens (tertiary/aromatic N) is 2. The lowest BCUT2D eigenvalue weighted by Gasteiger charge is -2.27. The van der Waals surface area contributed by atoms with Gasteiger partial charge >= 0.3 is 11.9 Å². The third kappa shape index (κ3) is 13.0. The molecule has 0 bridgehead atoms. The van der Waals surface area contributed by atoms with Crippen LogP contribution in [-0.2, 0) is 19.1 Å². The lowest BCUT2D eigenvalue weighted by molar-refractivity contribution is -0.146. The van der Waals surface area contributed by atoms with Gasteiger partial charge in [0.05, 0.1) is 26.3 Å². The Hall–Kier alpha value is -1.22. The Morgan fingerprint density at radius 3 is 1.54 bits per heavy atom. The lowest BCUT2D eigenvalue weighted by Crippen LogP contribution is -2.46. The maximum absolute atomic E-state index is 12.1. The minimum atomic E-state index is -0.173. The van der Waals surface area contributed by atoms with E-state index < -0.39 is 0 Å². The summed E-state index contributed by atoms with van der Waals surface area (Å²) in [5, 5.41) is 6.77. The van der Waals surface area contributed by atoms with Crippen molar-refractivity contribution in [1.82, 2.24) is 20.4 Å². The molecule has 1 rings (SSSR count). The number of carbonyl (C=O) groups is 2. The van der Waals surface area contributed by atoms with E-state index >= 15 is 0 Å². The molecule has 28 heavy (non-hydrogen) atoms. The van der Waals surface area contributed by atoms with E-state index in [1.807, 2.05) is 0 Å².